The van der Waals surface area contributed by atoms with Crippen LogP contribution in [-0.2, 0) is 0 Å². The van der Waals surface area contributed by atoms with Gasteiger partial charge in [-0.1, -0.05) is 6.07 Å². The SMILES string of the molecule is Cc1csc(Nc2ccc(C)c(C(=O)O)c2)n1. The number of aromatic nitrogens is 1. The van der Waals surface area contributed by atoms with E-state index < -0.39 is 5.97 Å². The molecule has 2 N–H and O–H groups in total. The first-order chi connectivity index (χ1) is 8.06. The van der Waals surface area contributed by atoms with Gasteiger partial charge >= 0.3 is 5.97 Å². The van der Waals surface area contributed by atoms with E-state index in [0.717, 1.165) is 22.1 Å². The highest BCUT2D eigenvalue weighted by atomic mass is 32.1. The van der Waals surface area contributed by atoms with Crippen molar-refractivity contribution in [3.63, 3.8) is 0 Å². The smallest absolute Gasteiger partial charge is 0.336 e. The number of anilines is 2. The number of carboxylic acid groups (broad SMARTS) is 1. The molecule has 4 nitrogen and oxygen atoms in total. The lowest BCUT2D eigenvalue weighted by Gasteiger charge is -2.06. The van der Waals surface area contributed by atoms with Crippen molar-refractivity contribution in [3.05, 3.63) is 40.4 Å². The second-order valence-electron chi connectivity index (χ2n) is 3.75. The molecule has 0 aliphatic carbocycles. The summed E-state index contributed by atoms with van der Waals surface area (Å²) in [5, 5.41) is 14.8. The third-order valence-electron chi connectivity index (χ3n) is 2.34. The highest BCUT2D eigenvalue weighted by Gasteiger charge is 2.08. The van der Waals surface area contributed by atoms with Crippen LogP contribution in [0, 0.1) is 13.8 Å². The molecule has 2 aromatic rings. The van der Waals surface area contributed by atoms with Crippen molar-refractivity contribution in [3.8, 4) is 0 Å². The van der Waals surface area contributed by atoms with Gasteiger partial charge in [0.05, 0.1) is 11.3 Å². The molecule has 0 spiro atoms. The normalized spacial score (nSPS) is 10.2. The van der Waals surface area contributed by atoms with Crippen LogP contribution in [0.2, 0.25) is 0 Å². The van der Waals surface area contributed by atoms with Gasteiger partial charge in [0.15, 0.2) is 5.13 Å². The molecule has 0 radical (unpaired) electrons. The summed E-state index contributed by atoms with van der Waals surface area (Å²) < 4.78 is 0. The Kier molecular flexibility index (Phi) is 3.10. The molecule has 0 saturated carbocycles. The van der Waals surface area contributed by atoms with Gasteiger partial charge in [-0.2, -0.15) is 0 Å². The molecule has 17 heavy (non-hydrogen) atoms. The number of hydrogen-bond donors (Lipinski definition) is 2. The summed E-state index contributed by atoms with van der Waals surface area (Å²) in [4.78, 5) is 15.3. The van der Waals surface area contributed by atoms with Gasteiger partial charge in [-0.05, 0) is 31.5 Å². The van der Waals surface area contributed by atoms with E-state index in [9.17, 15) is 4.79 Å². The maximum absolute atomic E-state index is 11.0. The van der Waals surface area contributed by atoms with Crippen molar-refractivity contribution in [2.75, 3.05) is 5.32 Å². The number of aromatic carboxylic acids is 1. The Hall–Kier alpha value is -1.88. The molecular weight excluding hydrogens is 236 g/mol. The summed E-state index contributed by atoms with van der Waals surface area (Å²) in [6, 6.07) is 5.25. The number of benzene rings is 1. The third-order valence-corrected chi connectivity index (χ3v) is 3.21. The molecule has 2 rings (SSSR count). The lowest BCUT2D eigenvalue weighted by Crippen LogP contribution is -2.01. The third kappa shape index (κ3) is 2.62. The van der Waals surface area contributed by atoms with Gasteiger partial charge < -0.3 is 10.4 Å². The molecular formula is C12H12N2O2S. The summed E-state index contributed by atoms with van der Waals surface area (Å²) in [6.45, 7) is 3.69. The number of nitrogens with one attached hydrogen (secondary N) is 1. The van der Waals surface area contributed by atoms with Crippen LogP contribution >= 0.6 is 11.3 Å². The monoisotopic (exact) mass is 248 g/mol. The molecule has 1 heterocycles. The lowest BCUT2D eigenvalue weighted by molar-refractivity contribution is 0.0696. The second kappa shape index (κ2) is 4.55. The summed E-state index contributed by atoms with van der Waals surface area (Å²) >= 11 is 1.49. The number of hydrogen-bond acceptors (Lipinski definition) is 4. The molecule has 0 aliphatic rings. The summed E-state index contributed by atoms with van der Waals surface area (Å²) in [6.07, 6.45) is 0. The molecule has 0 saturated heterocycles. The van der Waals surface area contributed by atoms with Crippen LogP contribution in [0.25, 0.3) is 0 Å². The fraction of sp³-hybridized carbons (Fsp3) is 0.167. The van der Waals surface area contributed by atoms with E-state index in [-0.39, 0.29) is 0 Å². The Morgan fingerprint density at radius 2 is 2.18 bits per heavy atom. The number of aryl methyl sites for hydroxylation is 2. The number of nitrogens with zero attached hydrogens (tertiary/aromatic N) is 1. The molecule has 0 bridgehead atoms. The van der Waals surface area contributed by atoms with E-state index in [0.29, 0.717) is 5.56 Å². The summed E-state index contributed by atoms with van der Waals surface area (Å²) in [7, 11) is 0. The molecule has 0 amide bonds. The van der Waals surface area contributed by atoms with E-state index in [1.54, 1.807) is 19.1 Å². The molecule has 1 aromatic heterocycles. The van der Waals surface area contributed by atoms with Gasteiger partial charge in [0, 0.05) is 11.1 Å². The molecule has 0 atom stereocenters. The van der Waals surface area contributed by atoms with Gasteiger partial charge in [-0.25, -0.2) is 9.78 Å². The Balaban J connectivity index is 2.28. The minimum absolute atomic E-state index is 0.309. The fourth-order valence-electron chi connectivity index (χ4n) is 1.47. The van der Waals surface area contributed by atoms with Crippen LogP contribution in [-0.4, -0.2) is 16.1 Å². The molecule has 0 aliphatic heterocycles. The quantitative estimate of drug-likeness (QED) is 0.875. The Labute approximate surface area is 103 Å². The highest BCUT2D eigenvalue weighted by molar-refractivity contribution is 7.13. The van der Waals surface area contributed by atoms with Crippen molar-refractivity contribution in [2.24, 2.45) is 0 Å². The van der Waals surface area contributed by atoms with Crippen molar-refractivity contribution in [1.82, 2.24) is 4.98 Å². The van der Waals surface area contributed by atoms with Crippen molar-refractivity contribution in [2.45, 2.75) is 13.8 Å². The van der Waals surface area contributed by atoms with E-state index in [2.05, 4.69) is 10.3 Å². The fourth-order valence-corrected chi connectivity index (χ4v) is 2.17. The molecule has 5 heteroatoms. The zero-order chi connectivity index (χ0) is 12.4. The number of carboxylic acids is 1. The molecule has 88 valence electrons. The molecule has 1 aromatic carbocycles. The summed E-state index contributed by atoms with van der Waals surface area (Å²) in [5.74, 6) is -0.915. The topological polar surface area (TPSA) is 62.2 Å². The van der Waals surface area contributed by atoms with Gasteiger partial charge in [0.1, 0.15) is 0 Å². The van der Waals surface area contributed by atoms with E-state index in [1.165, 1.54) is 11.3 Å². The van der Waals surface area contributed by atoms with Gasteiger partial charge in [-0.3, -0.25) is 0 Å². The van der Waals surface area contributed by atoms with E-state index in [4.69, 9.17) is 5.11 Å². The molecule has 0 fully saturated rings. The van der Waals surface area contributed by atoms with E-state index in [1.807, 2.05) is 18.4 Å². The predicted molar refractivity (Wildman–Crippen MR) is 68.3 cm³/mol. The maximum atomic E-state index is 11.0. The van der Waals surface area contributed by atoms with E-state index >= 15 is 0 Å². The first kappa shape index (κ1) is 11.6. The van der Waals surface area contributed by atoms with Crippen LogP contribution in [0.15, 0.2) is 23.6 Å². The standard InChI is InChI=1S/C12H12N2O2S/c1-7-3-4-9(5-10(7)11(15)16)14-12-13-8(2)6-17-12/h3-6H,1-2H3,(H,13,14)(H,15,16). The lowest BCUT2D eigenvalue weighted by atomic mass is 10.1. The van der Waals surface area contributed by atoms with Gasteiger partial charge in [0.25, 0.3) is 0 Å². The number of rotatable bonds is 3. The minimum Gasteiger partial charge on any atom is -0.478 e. The Morgan fingerprint density at radius 1 is 1.41 bits per heavy atom. The van der Waals surface area contributed by atoms with Crippen LogP contribution < -0.4 is 5.32 Å². The van der Waals surface area contributed by atoms with Gasteiger partial charge in [0.2, 0.25) is 0 Å². The van der Waals surface area contributed by atoms with Crippen LogP contribution in [0.1, 0.15) is 21.6 Å². The first-order valence-electron chi connectivity index (χ1n) is 5.09. The van der Waals surface area contributed by atoms with Gasteiger partial charge in [-0.15, -0.1) is 11.3 Å². The zero-order valence-corrected chi connectivity index (χ0v) is 10.3. The number of thiazole rings is 1. The Bertz CT molecular complexity index is 563. The average Bonchev–Trinajstić information content (AvgIpc) is 2.66. The average molecular weight is 248 g/mol. The second-order valence-corrected chi connectivity index (χ2v) is 4.61. The van der Waals surface area contributed by atoms with Crippen molar-refractivity contribution in [1.29, 1.82) is 0 Å². The first-order valence-corrected chi connectivity index (χ1v) is 5.97. The maximum Gasteiger partial charge on any atom is 0.336 e. The Morgan fingerprint density at radius 3 is 2.76 bits per heavy atom. The number of carbonyl (C=O) groups is 1. The minimum atomic E-state index is -0.915. The molecule has 0 unspecified atom stereocenters. The largest absolute Gasteiger partial charge is 0.478 e. The van der Waals surface area contributed by atoms with Crippen molar-refractivity contribution < 1.29 is 9.90 Å². The van der Waals surface area contributed by atoms with Crippen LogP contribution in [0.4, 0.5) is 10.8 Å². The zero-order valence-electron chi connectivity index (χ0n) is 9.52. The van der Waals surface area contributed by atoms with Crippen LogP contribution in [0.3, 0.4) is 0 Å². The van der Waals surface area contributed by atoms with Crippen molar-refractivity contribution >= 4 is 28.1 Å². The van der Waals surface area contributed by atoms with Crippen LogP contribution in [0.5, 0.6) is 0 Å². The summed E-state index contributed by atoms with van der Waals surface area (Å²) in [5.41, 5.74) is 2.74. The highest BCUT2D eigenvalue weighted by Crippen LogP contribution is 2.22. The predicted octanol–water partition coefficient (Wildman–Crippen LogP) is 3.20.